The van der Waals surface area contributed by atoms with E-state index in [9.17, 15) is 14.9 Å². The summed E-state index contributed by atoms with van der Waals surface area (Å²) in [6, 6.07) is 3.98. The zero-order valence-corrected chi connectivity index (χ0v) is 10.2. The van der Waals surface area contributed by atoms with Gasteiger partial charge in [-0.2, -0.15) is 0 Å². The van der Waals surface area contributed by atoms with Crippen molar-refractivity contribution in [3.8, 4) is 5.75 Å². The second-order valence-electron chi connectivity index (χ2n) is 3.80. The molecule has 1 aromatic carbocycles. The second-order valence-corrected chi connectivity index (χ2v) is 3.80. The molecule has 0 bridgehead atoms. The van der Waals surface area contributed by atoms with Crippen LogP contribution < -0.4 is 15.8 Å². The number of hydrogen-bond donors (Lipinski definition) is 2. The summed E-state index contributed by atoms with van der Waals surface area (Å²) in [5.74, 6) is -0.502. The van der Waals surface area contributed by atoms with Crippen LogP contribution in [-0.2, 0) is 0 Å². The molecule has 18 heavy (non-hydrogen) atoms. The second kappa shape index (κ2) is 5.97. The van der Waals surface area contributed by atoms with Crippen LogP contribution in [0.5, 0.6) is 5.75 Å². The van der Waals surface area contributed by atoms with Gasteiger partial charge < -0.3 is 15.8 Å². The van der Waals surface area contributed by atoms with E-state index in [1.54, 1.807) is 6.92 Å². The number of carbonyl (C=O) groups excluding carboxylic acids is 1. The van der Waals surface area contributed by atoms with Crippen LogP contribution in [0.2, 0.25) is 0 Å². The third-order valence-corrected chi connectivity index (χ3v) is 2.22. The van der Waals surface area contributed by atoms with E-state index in [4.69, 9.17) is 10.5 Å². The molecule has 0 aliphatic carbocycles. The predicted octanol–water partition coefficient (Wildman–Crippen LogP) is 0.680. The molecule has 1 rings (SSSR count). The number of nitrogens with two attached hydrogens (primary N) is 1. The molecule has 1 aromatic rings. The van der Waals surface area contributed by atoms with E-state index >= 15 is 0 Å². The Hall–Kier alpha value is -2.15. The van der Waals surface area contributed by atoms with Gasteiger partial charge in [-0.25, -0.2) is 0 Å². The van der Waals surface area contributed by atoms with Crippen LogP contribution in [0.15, 0.2) is 18.2 Å². The number of methoxy groups -OCH3 is 1. The average Bonchev–Trinajstić information content (AvgIpc) is 2.34. The molecule has 0 aromatic heterocycles. The molecule has 0 heterocycles. The van der Waals surface area contributed by atoms with E-state index in [0.717, 1.165) is 0 Å². The van der Waals surface area contributed by atoms with Gasteiger partial charge in [-0.15, -0.1) is 0 Å². The molecule has 1 atom stereocenters. The summed E-state index contributed by atoms with van der Waals surface area (Å²) in [5, 5.41) is 13.4. The van der Waals surface area contributed by atoms with Crippen molar-refractivity contribution in [2.75, 3.05) is 13.7 Å². The quantitative estimate of drug-likeness (QED) is 0.592. The SMILES string of the molecule is COc1c(C(=O)NCC(C)N)cccc1[N+](=O)[O-]. The zero-order valence-electron chi connectivity index (χ0n) is 10.2. The van der Waals surface area contributed by atoms with Crippen molar-refractivity contribution in [2.45, 2.75) is 13.0 Å². The number of ether oxygens (including phenoxy) is 1. The molecule has 0 fully saturated rings. The lowest BCUT2D eigenvalue weighted by Gasteiger charge is -2.10. The first-order chi connectivity index (χ1) is 8.47. The highest BCUT2D eigenvalue weighted by Crippen LogP contribution is 2.30. The standard InChI is InChI=1S/C11H15N3O4/c1-7(12)6-13-11(15)8-4-3-5-9(14(16)17)10(8)18-2/h3-5,7H,6,12H2,1-2H3,(H,13,15). The van der Waals surface area contributed by atoms with Gasteiger partial charge in [-0.1, -0.05) is 6.07 Å². The van der Waals surface area contributed by atoms with Gasteiger partial charge in [-0.05, 0) is 13.0 Å². The topological polar surface area (TPSA) is 107 Å². The predicted molar refractivity (Wildman–Crippen MR) is 65.6 cm³/mol. The van der Waals surface area contributed by atoms with Crippen LogP contribution in [0.4, 0.5) is 5.69 Å². The highest BCUT2D eigenvalue weighted by molar-refractivity contribution is 5.98. The number of nitrogens with one attached hydrogen (secondary N) is 1. The summed E-state index contributed by atoms with van der Waals surface area (Å²) in [6.45, 7) is 2.02. The van der Waals surface area contributed by atoms with Crippen molar-refractivity contribution in [3.05, 3.63) is 33.9 Å². The normalized spacial score (nSPS) is 11.7. The van der Waals surface area contributed by atoms with Gasteiger partial charge in [0.2, 0.25) is 5.75 Å². The Morgan fingerprint density at radius 1 is 1.61 bits per heavy atom. The monoisotopic (exact) mass is 253 g/mol. The molecule has 0 aliphatic heterocycles. The number of amides is 1. The Balaban J connectivity index is 3.05. The molecule has 0 saturated heterocycles. The van der Waals surface area contributed by atoms with Crippen molar-refractivity contribution in [2.24, 2.45) is 5.73 Å². The van der Waals surface area contributed by atoms with Crippen molar-refractivity contribution >= 4 is 11.6 Å². The smallest absolute Gasteiger partial charge is 0.311 e. The van der Waals surface area contributed by atoms with E-state index in [-0.39, 0.29) is 29.6 Å². The molecule has 7 nitrogen and oxygen atoms in total. The van der Waals surface area contributed by atoms with Crippen LogP contribution in [0.1, 0.15) is 17.3 Å². The van der Waals surface area contributed by atoms with Gasteiger partial charge in [0.15, 0.2) is 0 Å². The number of nitrogens with zero attached hydrogens (tertiary/aromatic N) is 1. The Bertz CT molecular complexity index is 460. The molecule has 0 aliphatic rings. The fraction of sp³-hybridized carbons (Fsp3) is 0.364. The molecule has 0 radical (unpaired) electrons. The molecule has 7 heteroatoms. The summed E-state index contributed by atoms with van der Waals surface area (Å²) in [4.78, 5) is 22.0. The maximum absolute atomic E-state index is 11.8. The highest BCUT2D eigenvalue weighted by Gasteiger charge is 2.22. The summed E-state index contributed by atoms with van der Waals surface area (Å²) in [5.41, 5.74) is 5.39. The lowest BCUT2D eigenvalue weighted by Crippen LogP contribution is -2.35. The van der Waals surface area contributed by atoms with Crippen molar-refractivity contribution < 1.29 is 14.5 Å². The first-order valence-electron chi connectivity index (χ1n) is 5.32. The summed E-state index contributed by atoms with van der Waals surface area (Å²) < 4.78 is 4.93. The summed E-state index contributed by atoms with van der Waals surface area (Å²) >= 11 is 0. The van der Waals surface area contributed by atoms with Gasteiger partial charge in [-0.3, -0.25) is 14.9 Å². The van der Waals surface area contributed by atoms with E-state index in [1.165, 1.54) is 25.3 Å². The van der Waals surface area contributed by atoms with E-state index < -0.39 is 10.8 Å². The Morgan fingerprint density at radius 3 is 2.78 bits per heavy atom. The molecule has 98 valence electrons. The van der Waals surface area contributed by atoms with Crippen LogP contribution >= 0.6 is 0 Å². The van der Waals surface area contributed by atoms with Crippen molar-refractivity contribution in [1.82, 2.24) is 5.32 Å². The molecule has 0 spiro atoms. The van der Waals surface area contributed by atoms with Crippen LogP contribution in [0.3, 0.4) is 0 Å². The number of nitro benzene ring substituents is 1. The third-order valence-electron chi connectivity index (χ3n) is 2.22. The minimum atomic E-state index is -0.596. The largest absolute Gasteiger partial charge is 0.490 e. The van der Waals surface area contributed by atoms with Gasteiger partial charge >= 0.3 is 5.69 Å². The first-order valence-corrected chi connectivity index (χ1v) is 5.32. The van der Waals surface area contributed by atoms with E-state index in [2.05, 4.69) is 5.32 Å². The van der Waals surface area contributed by atoms with E-state index in [1.807, 2.05) is 0 Å². The minimum Gasteiger partial charge on any atom is -0.490 e. The maximum Gasteiger partial charge on any atom is 0.311 e. The molecule has 3 N–H and O–H groups in total. The number of nitro groups is 1. The van der Waals surface area contributed by atoms with Crippen molar-refractivity contribution in [1.29, 1.82) is 0 Å². The van der Waals surface area contributed by atoms with Gasteiger partial charge in [0.25, 0.3) is 5.91 Å². The summed E-state index contributed by atoms with van der Waals surface area (Å²) in [6.07, 6.45) is 0. The summed E-state index contributed by atoms with van der Waals surface area (Å²) in [7, 11) is 1.28. The third kappa shape index (κ3) is 3.17. The highest BCUT2D eigenvalue weighted by atomic mass is 16.6. The molecular formula is C11H15N3O4. The van der Waals surface area contributed by atoms with Crippen LogP contribution in [0, 0.1) is 10.1 Å². The molecule has 1 unspecified atom stereocenters. The number of benzene rings is 1. The Labute approximate surface area is 104 Å². The fourth-order valence-corrected chi connectivity index (χ4v) is 1.41. The first kappa shape index (κ1) is 13.9. The van der Waals surface area contributed by atoms with Crippen LogP contribution in [-0.4, -0.2) is 30.5 Å². The fourth-order valence-electron chi connectivity index (χ4n) is 1.41. The average molecular weight is 253 g/mol. The van der Waals surface area contributed by atoms with Gasteiger partial charge in [0.05, 0.1) is 17.6 Å². The van der Waals surface area contributed by atoms with E-state index in [0.29, 0.717) is 0 Å². The maximum atomic E-state index is 11.8. The van der Waals surface area contributed by atoms with Gasteiger partial charge in [0.1, 0.15) is 0 Å². The van der Waals surface area contributed by atoms with Gasteiger partial charge in [0, 0.05) is 18.7 Å². The van der Waals surface area contributed by atoms with Crippen LogP contribution in [0.25, 0.3) is 0 Å². The number of para-hydroxylation sites is 1. The Kier molecular flexibility index (Phi) is 4.61. The number of hydrogen-bond acceptors (Lipinski definition) is 5. The molecule has 0 saturated carbocycles. The minimum absolute atomic E-state index is 0.0512. The zero-order chi connectivity index (χ0) is 13.7. The molecular weight excluding hydrogens is 238 g/mol. The lowest BCUT2D eigenvalue weighted by molar-refractivity contribution is -0.385. The molecule has 1 amide bonds. The lowest BCUT2D eigenvalue weighted by atomic mass is 10.1. The number of rotatable bonds is 5. The number of carbonyl (C=O) groups is 1. The Morgan fingerprint density at radius 2 is 2.28 bits per heavy atom. The van der Waals surface area contributed by atoms with Crippen molar-refractivity contribution in [3.63, 3.8) is 0 Å².